The zero-order chi connectivity index (χ0) is 24.1. The van der Waals surface area contributed by atoms with Gasteiger partial charge in [0.1, 0.15) is 11.4 Å². The van der Waals surface area contributed by atoms with Crippen molar-refractivity contribution in [2.75, 3.05) is 20.3 Å². The number of aromatic nitrogens is 1. The summed E-state index contributed by atoms with van der Waals surface area (Å²) < 4.78 is 12.1. The number of carbonyl (C=O) groups excluding carboxylic acids is 3. The van der Waals surface area contributed by atoms with Gasteiger partial charge >= 0.3 is 5.97 Å². The van der Waals surface area contributed by atoms with Gasteiger partial charge in [0, 0.05) is 29.9 Å². The van der Waals surface area contributed by atoms with Crippen molar-refractivity contribution >= 4 is 17.7 Å². The third-order valence-corrected chi connectivity index (χ3v) is 6.61. The number of methoxy groups -OCH3 is 1. The van der Waals surface area contributed by atoms with Gasteiger partial charge in [0.2, 0.25) is 0 Å². The van der Waals surface area contributed by atoms with Crippen LogP contribution in [-0.4, -0.2) is 53.4 Å². The number of ether oxygens (including phenoxy) is 2. The van der Waals surface area contributed by atoms with Crippen LogP contribution in [0.2, 0.25) is 0 Å². The summed E-state index contributed by atoms with van der Waals surface area (Å²) in [5, 5.41) is 0. The maximum absolute atomic E-state index is 13.5. The summed E-state index contributed by atoms with van der Waals surface area (Å²) in [4.78, 5) is 41.2. The van der Waals surface area contributed by atoms with Crippen LogP contribution in [0.3, 0.4) is 0 Å². The molecule has 0 spiro atoms. The number of benzene rings is 1. The molecule has 0 bridgehead atoms. The van der Waals surface area contributed by atoms with E-state index in [0.717, 1.165) is 32.1 Å². The Hall–Kier alpha value is -3.09. The molecular formula is C26H34N2O5. The van der Waals surface area contributed by atoms with Crippen molar-refractivity contribution in [1.82, 2.24) is 9.47 Å². The molecule has 7 heteroatoms. The van der Waals surface area contributed by atoms with Crippen molar-refractivity contribution in [3.8, 4) is 5.75 Å². The molecule has 0 atom stereocenters. The van der Waals surface area contributed by atoms with Crippen molar-refractivity contribution in [2.45, 2.75) is 58.9 Å². The van der Waals surface area contributed by atoms with E-state index in [-0.39, 0.29) is 30.9 Å². The average molecular weight is 455 g/mol. The molecule has 7 nitrogen and oxygen atoms in total. The van der Waals surface area contributed by atoms with E-state index >= 15 is 0 Å². The summed E-state index contributed by atoms with van der Waals surface area (Å²) in [7, 11) is 3.34. The van der Waals surface area contributed by atoms with E-state index in [2.05, 4.69) is 0 Å². The fraction of sp³-hybridized carbons (Fsp3) is 0.500. The Kier molecular flexibility index (Phi) is 7.95. The first-order valence-electron chi connectivity index (χ1n) is 11.6. The van der Waals surface area contributed by atoms with Crippen LogP contribution < -0.4 is 4.74 Å². The molecule has 1 aliphatic rings. The van der Waals surface area contributed by atoms with Crippen LogP contribution in [0.5, 0.6) is 5.75 Å². The van der Waals surface area contributed by atoms with Crippen LogP contribution in [0.4, 0.5) is 0 Å². The lowest BCUT2D eigenvalue weighted by molar-refractivity contribution is 0.0513. The highest BCUT2D eigenvalue weighted by Gasteiger charge is 2.31. The van der Waals surface area contributed by atoms with Crippen molar-refractivity contribution in [3.63, 3.8) is 0 Å². The number of amides is 1. The van der Waals surface area contributed by atoms with Crippen LogP contribution in [0.1, 0.15) is 81.5 Å². The van der Waals surface area contributed by atoms with Gasteiger partial charge in [0.25, 0.3) is 5.91 Å². The van der Waals surface area contributed by atoms with Crippen molar-refractivity contribution in [1.29, 1.82) is 0 Å². The largest absolute Gasteiger partial charge is 0.497 e. The maximum atomic E-state index is 13.5. The molecule has 178 valence electrons. The Morgan fingerprint density at radius 1 is 1.06 bits per heavy atom. The number of carbonyl (C=O) groups is 3. The second-order valence-corrected chi connectivity index (χ2v) is 8.59. The smallest absolute Gasteiger partial charge is 0.355 e. The summed E-state index contributed by atoms with van der Waals surface area (Å²) in [5.74, 6) is -0.0923. The zero-order valence-electron chi connectivity index (χ0n) is 20.3. The molecule has 0 radical (unpaired) electrons. The highest BCUT2D eigenvalue weighted by atomic mass is 16.5. The topological polar surface area (TPSA) is 77.8 Å². The van der Waals surface area contributed by atoms with Gasteiger partial charge < -0.3 is 18.9 Å². The molecular weight excluding hydrogens is 420 g/mol. The summed E-state index contributed by atoms with van der Waals surface area (Å²) in [6.45, 7) is 5.57. The first-order valence-corrected chi connectivity index (χ1v) is 11.6. The molecule has 1 aliphatic carbocycles. The highest BCUT2D eigenvalue weighted by molar-refractivity contribution is 6.06. The normalized spacial score (nSPS) is 14.1. The minimum Gasteiger partial charge on any atom is -0.497 e. The van der Waals surface area contributed by atoms with Gasteiger partial charge in [-0.05, 0) is 63.4 Å². The third kappa shape index (κ3) is 5.13. The molecule has 1 saturated carbocycles. The summed E-state index contributed by atoms with van der Waals surface area (Å²) in [5.41, 5.74) is 2.69. The van der Waals surface area contributed by atoms with Gasteiger partial charge in [-0.3, -0.25) is 9.59 Å². The Morgan fingerprint density at radius 2 is 1.70 bits per heavy atom. The molecule has 0 N–H and O–H groups in total. The van der Waals surface area contributed by atoms with Crippen molar-refractivity contribution < 1.29 is 23.9 Å². The Balaban J connectivity index is 1.93. The number of hydrogen-bond acceptors (Lipinski definition) is 5. The quantitative estimate of drug-likeness (QED) is 0.434. The van der Waals surface area contributed by atoms with Gasteiger partial charge in [-0.15, -0.1) is 0 Å². The van der Waals surface area contributed by atoms with E-state index in [0.29, 0.717) is 33.8 Å². The van der Waals surface area contributed by atoms with Gasteiger partial charge in [0.15, 0.2) is 5.78 Å². The monoisotopic (exact) mass is 454 g/mol. The predicted molar refractivity (Wildman–Crippen MR) is 126 cm³/mol. The fourth-order valence-electron chi connectivity index (χ4n) is 4.77. The lowest BCUT2D eigenvalue weighted by Gasteiger charge is -2.34. The number of esters is 1. The van der Waals surface area contributed by atoms with Gasteiger partial charge in [0.05, 0.1) is 20.3 Å². The zero-order valence-corrected chi connectivity index (χ0v) is 20.3. The first kappa shape index (κ1) is 24.6. The van der Waals surface area contributed by atoms with E-state index in [1.807, 2.05) is 6.92 Å². The van der Waals surface area contributed by atoms with Crippen LogP contribution in [-0.2, 0) is 11.8 Å². The summed E-state index contributed by atoms with van der Waals surface area (Å²) in [6, 6.07) is 7.00. The second-order valence-electron chi connectivity index (χ2n) is 8.59. The van der Waals surface area contributed by atoms with Crippen molar-refractivity contribution in [3.05, 3.63) is 52.3 Å². The summed E-state index contributed by atoms with van der Waals surface area (Å²) in [6.07, 6.45) is 5.00. The number of rotatable bonds is 8. The second kappa shape index (κ2) is 10.7. The Bertz CT molecular complexity index is 1020. The molecule has 33 heavy (non-hydrogen) atoms. The SMILES string of the molecule is CCOC(=O)c1c(C)c(C(=O)CN(C(=O)c2ccc(OC)cc2)C2CCCCC2)c(C)n1C. The minimum atomic E-state index is -0.446. The Labute approximate surface area is 195 Å². The number of hydrogen-bond donors (Lipinski definition) is 0. The third-order valence-electron chi connectivity index (χ3n) is 6.61. The standard InChI is InChI=1S/C26H34N2O5/c1-6-33-26(31)24-17(2)23(18(3)27(24)4)22(29)16-28(20-10-8-7-9-11-20)25(30)19-12-14-21(32-5)15-13-19/h12-15,20H,6-11,16H2,1-5H3. The lowest BCUT2D eigenvalue weighted by atomic mass is 9.93. The molecule has 1 fully saturated rings. The molecule has 0 saturated heterocycles. The molecule has 2 aromatic rings. The van der Waals surface area contributed by atoms with Crippen LogP contribution >= 0.6 is 0 Å². The molecule has 1 amide bonds. The van der Waals surface area contributed by atoms with Gasteiger partial charge in [-0.2, -0.15) is 0 Å². The number of ketones is 1. The fourth-order valence-corrected chi connectivity index (χ4v) is 4.77. The average Bonchev–Trinajstić information content (AvgIpc) is 3.05. The van der Waals surface area contributed by atoms with E-state index in [1.165, 1.54) is 0 Å². The molecule has 0 aliphatic heterocycles. The number of nitrogens with zero attached hydrogens (tertiary/aromatic N) is 2. The van der Waals surface area contributed by atoms with Crippen molar-refractivity contribution in [2.24, 2.45) is 7.05 Å². The van der Waals surface area contributed by atoms with Crippen LogP contribution in [0.25, 0.3) is 0 Å². The van der Waals surface area contributed by atoms with E-state index < -0.39 is 5.97 Å². The van der Waals surface area contributed by atoms with Gasteiger partial charge in [-0.25, -0.2) is 4.79 Å². The van der Waals surface area contributed by atoms with Crippen LogP contribution in [0.15, 0.2) is 24.3 Å². The lowest BCUT2D eigenvalue weighted by Crippen LogP contribution is -2.44. The maximum Gasteiger partial charge on any atom is 0.355 e. The molecule has 0 unspecified atom stereocenters. The van der Waals surface area contributed by atoms with E-state index in [4.69, 9.17) is 9.47 Å². The molecule has 1 heterocycles. The molecule has 1 aromatic heterocycles. The molecule has 3 rings (SSSR count). The van der Waals surface area contributed by atoms with Crippen LogP contribution in [0, 0.1) is 13.8 Å². The number of Topliss-reactive ketones (excluding diaryl/α,β-unsaturated/α-hetero) is 1. The minimum absolute atomic E-state index is 0.0196. The highest BCUT2D eigenvalue weighted by Crippen LogP contribution is 2.27. The van der Waals surface area contributed by atoms with E-state index in [1.54, 1.807) is 61.7 Å². The summed E-state index contributed by atoms with van der Waals surface area (Å²) >= 11 is 0. The van der Waals surface area contributed by atoms with E-state index in [9.17, 15) is 14.4 Å². The Morgan fingerprint density at radius 3 is 2.27 bits per heavy atom. The van der Waals surface area contributed by atoms with Gasteiger partial charge in [-0.1, -0.05) is 19.3 Å². The first-order chi connectivity index (χ1) is 15.8. The predicted octanol–water partition coefficient (Wildman–Crippen LogP) is 4.49. The molecule has 1 aromatic carbocycles.